The van der Waals surface area contributed by atoms with Gasteiger partial charge in [0.2, 0.25) is 0 Å². The second-order valence-corrected chi connectivity index (χ2v) is 6.14. The van der Waals surface area contributed by atoms with E-state index in [0.717, 1.165) is 11.1 Å². The minimum atomic E-state index is -0.936. The monoisotopic (exact) mass is 331 g/mol. The molecule has 2 rings (SSSR count). The third-order valence-electron chi connectivity index (χ3n) is 3.38. The Morgan fingerprint density at radius 1 is 1.61 bits per heavy atom. The van der Waals surface area contributed by atoms with Crippen molar-refractivity contribution in [3.05, 3.63) is 47.5 Å². The molecule has 0 fully saturated rings. The number of dihydropyridines is 1. The van der Waals surface area contributed by atoms with Gasteiger partial charge in [-0.15, -0.1) is 11.6 Å². The molecular formula is C17H18ClN3O2. The normalized spacial score (nSPS) is 20.5. The number of aliphatic imine (C=N–C) groups is 1. The first kappa shape index (κ1) is 17.1. The molecule has 1 aromatic carbocycles. The summed E-state index contributed by atoms with van der Waals surface area (Å²) >= 11 is 6.54. The number of nitrogens with two attached hydrogens (primary N) is 1. The van der Waals surface area contributed by atoms with E-state index in [1.54, 1.807) is 13.1 Å². The van der Waals surface area contributed by atoms with Crippen LogP contribution in [0, 0.1) is 11.8 Å². The third-order valence-corrected chi connectivity index (χ3v) is 3.76. The first-order valence-electron chi connectivity index (χ1n) is 7.14. The Labute approximate surface area is 140 Å². The number of urea groups is 1. The molecule has 3 N–H and O–H groups in total. The predicted octanol–water partition coefficient (Wildman–Crippen LogP) is 2.36. The zero-order chi connectivity index (χ0) is 16.9. The number of nitrogens with zero attached hydrogens (tertiary/aromatic N) is 2. The Bertz CT molecular complexity index is 705. The third kappa shape index (κ3) is 4.85. The summed E-state index contributed by atoms with van der Waals surface area (Å²) in [7, 11) is 0. The zero-order valence-electron chi connectivity index (χ0n) is 12.7. The van der Waals surface area contributed by atoms with Crippen molar-refractivity contribution in [3.8, 4) is 11.8 Å². The molecule has 6 heteroatoms. The number of allylic oxidation sites excluding steroid dienone is 1. The molecule has 5 nitrogen and oxygen atoms in total. The average molecular weight is 332 g/mol. The molecule has 2 atom stereocenters. The van der Waals surface area contributed by atoms with Crippen LogP contribution in [0.5, 0.6) is 0 Å². The first-order valence-corrected chi connectivity index (χ1v) is 7.52. The second-order valence-electron chi connectivity index (χ2n) is 5.39. The smallest absolute Gasteiger partial charge is 0.339 e. The van der Waals surface area contributed by atoms with Gasteiger partial charge in [-0.05, 0) is 37.1 Å². The molecule has 0 saturated carbocycles. The maximum atomic E-state index is 10.9. The lowest BCUT2D eigenvalue weighted by Crippen LogP contribution is -2.38. The fraction of sp³-hybridized carbons (Fsp3) is 0.294. The second kappa shape index (κ2) is 7.32. The number of carbonyl (C=O) groups is 1. The van der Waals surface area contributed by atoms with Crippen LogP contribution in [0.15, 0.2) is 41.4 Å². The molecular weight excluding hydrogens is 314 g/mol. The molecule has 1 aliphatic heterocycles. The molecule has 2 amide bonds. The molecule has 0 saturated heterocycles. The van der Waals surface area contributed by atoms with Gasteiger partial charge in [-0.25, -0.2) is 4.79 Å². The van der Waals surface area contributed by atoms with Crippen LogP contribution in [-0.2, 0) is 6.42 Å². The molecule has 1 aromatic rings. The largest absolute Gasteiger partial charge is 0.350 e. The summed E-state index contributed by atoms with van der Waals surface area (Å²) in [6.45, 7) is 2.12. The van der Waals surface area contributed by atoms with Crippen LogP contribution < -0.4 is 5.73 Å². The van der Waals surface area contributed by atoms with E-state index in [-0.39, 0.29) is 0 Å². The maximum Gasteiger partial charge on any atom is 0.339 e. The van der Waals surface area contributed by atoms with E-state index in [0.29, 0.717) is 18.0 Å². The van der Waals surface area contributed by atoms with Crippen LogP contribution in [0.1, 0.15) is 18.1 Å². The number of carbonyl (C=O) groups excluding carboxylic acids is 1. The van der Waals surface area contributed by atoms with Gasteiger partial charge in [0.25, 0.3) is 0 Å². The van der Waals surface area contributed by atoms with Crippen LogP contribution in [0.2, 0.25) is 0 Å². The summed E-state index contributed by atoms with van der Waals surface area (Å²) < 4.78 is 0. The van der Waals surface area contributed by atoms with Crippen molar-refractivity contribution in [2.24, 2.45) is 10.7 Å². The predicted molar refractivity (Wildman–Crippen MR) is 90.8 cm³/mol. The SMILES string of the molecule is C[C@H](C#Cc1cccc(CC2(Cl)C=CC=NC2)c1)N(O)C(N)=O. The topological polar surface area (TPSA) is 78.9 Å². The maximum absolute atomic E-state index is 10.9. The highest BCUT2D eigenvalue weighted by atomic mass is 35.5. The van der Waals surface area contributed by atoms with E-state index < -0.39 is 16.9 Å². The van der Waals surface area contributed by atoms with Gasteiger partial charge in [-0.3, -0.25) is 10.2 Å². The lowest BCUT2D eigenvalue weighted by Gasteiger charge is -2.23. The van der Waals surface area contributed by atoms with Crippen molar-refractivity contribution in [1.29, 1.82) is 0 Å². The van der Waals surface area contributed by atoms with Crippen LogP contribution in [0.4, 0.5) is 4.79 Å². The van der Waals surface area contributed by atoms with E-state index in [2.05, 4.69) is 16.8 Å². The van der Waals surface area contributed by atoms with Gasteiger partial charge in [0, 0.05) is 11.8 Å². The molecule has 23 heavy (non-hydrogen) atoms. The summed E-state index contributed by atoms with van der Waals surface area (Å²) in [6, 6.07) is 6.03. The quantitative estimate of drug-likeness (QED) is 0.386. The minimum absolute atomic E-state index is 0.398. The van der Waals surface area contributed by atoms with Gasteiger partial charge in [0.1, 0.15) is 6.04 Å². The standard InChI is InChI=1S/C17H18ClN3O2/c1-13(21(23)16(19)22)6-7-14-4-2-5-15(10-14)11-17(18)8-3-9-20-12-17/h2-5,8-10,13,23H,11-12H2,1H3,(H2,19,22)/t13-,17?/m1/s1. The Balaban J connectivity index is 2.10. The fourth-order valence-corrected chi connectivity index (χ4v) is 2.48. The molecule has 1 unspecified atom stereocenters. The lowest BCUT2D eigenvalue weighted by molar-refractivity contribution is -0.0536. The molecule has 1 aliphatic rings. The molecule has 120 valence electrons. The highest BCUT2D eigenvalue weighted by molar-refractivity contribution is 6.26. The van der Waals surface area contributed by atoms with E-state index in [9.17, 15) is 10.0 Å². The van der Waals surface area contributed by atoms with E-state index in [1.807, 2.05) is 36.4 Å². The average Bonchev–Trinajstić information content (AvgIpc) is 2.52. The fourth-order valence-electron chi connectivity index (χ4n) is 2.19. The lowest BCUT2D eigenvalue weighted by atomic mass is 9.96. The first-order chi connectivity index (χ1) is 10.9. The van der Waals surface area contributed by atoms with Crippen molar-refractivity contribution in [2.75, 3.05) is 6.54 Å². The molecule has 0 aromatic heterocycles. The zero-order valence-corrected chi connectivity index (χ0v) is 13.5. The minimum Gasteiger partial charge on any atom is -0.350 e. The number of hydrogen-bond acceptors (Lipinski definition) is 3. The summed E-state index contributed by atoms with van der Waals surface area (Å²) in [5.41, 5.74) is 6.80. The number of amides is 2. The number of hydrogen-bond donors (Lipinski definition) is 2. The van der Waals surface area contributed by atoms with Gasteiger partial charge < -0.3 is 5.73 Å². The van der Waals surface area contributed by atoms with Crippen molar-refractivity contribution in [2.45, 2.75) is 24.3 Å². The summed E-state index contributed by atoms with van der Waals surface area (Å²) in [5, 5.41) is 9.79. The summed E-state index contributed by atoms with van der Waals surface area (Å²) in [4.78, 5) is 14.5. The van der Waals surface area contributed by atoms with Crippen molar-refractivity contribution >= 4 is 23.8 Å². The van der Waals surface area contributed by atoms with Crippen LogP contribution in [0.3, 0.4) is 0 Å². The van der Waals surface area contributed by atoms with E-state index in [4.69, 9.17) is 17.3 Å². The highest BCUT2D eigenvalue weighted by Crippen LogP contribution is 2.25. The van der Waals surface area contributed by atoms with Crippen LogP contribution in [-0.4, -0.2) is 40.0 Å². The number of rotatable bonds is 3. The van der Waals surface area contributed by atoms with Gasteiger partial charge >= 0.3 is 6.03 Å². The van der Waals surface area contributed by atoms with Crippen LogP contribution in [0.25, 0.3) is 0 Å². The van der Waals surface area contributed by atoms with Crippen molar-refractivity contribution < 1.29 is 10.0 Å². The van der Waals surface area contributed by atoms with E-state index in [1.165, 1.54) is 0 Å². The number of alkyl halides is 1. The van der Waals surface area contributed by atoms with Crippen LogP contribution >= 0.6 is 11.6 Å². The Morgan fingerprint density at radius 2 is 2.39 bits per heavy atom. The number of halogens is 1. The number of hydroxylamine groups is 2. The molecule has 0 bridgehead atoms. The van der Waals surface area contributed by atoms with Gasteiger partial charge in [0.15, 0.2) is 0 Å². The van der Waals surface area contributed by atoms with Gasteiger partial charge in [-0.2, -0.15) is 5.06 Å². The summed E-state index contributed by atoms with van der Waals surface area (Å²) in [5.74, 6) is 5.70. The highest BCUT2D eigenvalue weighted by Gasteiger charge is 2.25. The summed E-state index contributed by atoms with van der Waals surface area (Å²) in [6.07, 6.45) is 6.17. The van der Waals surface area contributed by atoms with Gasteiger partial charge in [0.05, 0.1) is 11.4 Å². The number of benzene rings is 1. The van der Waals surface area contributed by atoms with Crippen molar-refractivity contribution in [1.82, 2.24) is 5.06 Å². The number of primary amides is 1. The molecule has 0 aliphatic carbocycles. The Morgan fingerprint density at radius 3 is 3.04 bits per heavy atom. The molecule has 0 radical (unpaired) electrons. The Hall–Kier alpha value is -2.29. The molecule has 1 heterocycles. The van der Waals surface area contributed by atoms with Crippen molar-refractivity contribution in [3.63, 3.8) is 0 Å². The molecule has 0 spiro atoms. The van der Waals surface area contributed by atoms with Gasteiger partial charge in [-0.1, -0.05) is 30.0 Å². The Kier molecular flexibility index (Phi) is 5.43. The van der Waals surface area contributed by atoms with E-state index >= 15 is 0 Å².